The lowest BCUT2D eigenvalue weighted by Gasteiger charge is -2.12. The number of nitro groups is 1. The van der Waals surface area contributed by atoms with E-state index in [-0.39, 0.29) is 11.4 Å². The van der Waals surface area contributed by atoms with E-state index in [0.717, 1.165) is 5.39 Å². The molecule has 2 aromatic carbocycles. The molecule has 0 saturated carbocycles. The second-order valence-electron chi connectivity index (χ2n) is 4.05. The van der Waals surface area contributed by atoms with Crippen LogP contribution in [0.5, 0.6) is 5.75 Å². The molecule has 0 aliphatic carbocycles. The van der Waals surface area contributed by atoms with Crippen LogP contribution in [0.1, 0.15) is 6.92 Å². The Labute approximate surface area is 108 Å². The molecule has 2 N–H and O–H groups in total. The van der Waals surface area contributed by atoms with Crippen LogP contribution >= 0.6 is 0 Å². The van der Waals surface area contributed by atoms with Crippen LogP contribution in [-0.4, -0.2) is 16.9 Å². The summed E-state index contributed by atoms with van der Waals surface area (Å²) in [5.74, 6) is -0.641. The molecule has 98 valence electrons. The number of nitrogens with two attached hydrogens (primary N) is 1. The predicted molar refractivity (Wildman–Crippen MR) is 69.9 cm³/mol. The molecule has 0 unspecified atom stereocenters. The zero-order valence-electron chi connectivity index (χ0n) is 10.2. The number of fused-ring (bicyclic) bond motifs is 1. The summed E-state index contributed by atoms with van der Waals surface area (Å²) in [7, 11) is 0. The number of nitrogens with zero attached hydrogens (tertiary/aromatic N) is 1. The number of rotatable bonds is 4. The maximum atomic E-state index is 11.2. The smallest absolute Gasteiger partial charge is 0.318 e. The molecule has 1 atom stereocenters. The standard InChI is InChI=1S/C13H12N2O4/c1-8(13(14)16)19-11-7-6-9-4-2-3-5-10(9)12(11)15(17)18/h2-8H,1H3,(H2,14,16)/t8-/m1/s1. The molecule has 6 heteroatoms. The van der Waals surface area contributed by atoms with E-state index in [1.807, 2.05) is 0 Å². The highest BCUT2D eigenvalue weighted by Crippen LogP contribution is 2.35. The molecule has 0 bridgehead atoms. The van der Waals surface area contributed by atoms with Gasteiger partial charge < -0.3 is 10.5 Å². The van der Waals surface area contributed by atoms with Crippen molar-refractivity contribution in [1.82, 2.24) is 0 Å². The van der Waals surface area contributed by atoms with Gasteiger partial charge in [-0.3, -0.25) is 14.9 Å². The number of primary amides is 1. The van der Waals surface area contributed by atoms with Crippen molar-refractivity contribution < 1.29 is 14.5 Å². The first-order chi connectivity index (χ1) is 9.00. The fourth-order valence-electron chi connectivity index (χ4n) is 1.77. The van der Waals surface area contributed by atoms with Crippen LogP contribution in [0.4, 0.5) is 5.69 Å². The second-order valence-corrected chi connectivity index (χ2v) is 4.05. The van der Waals surface area contributed by atoms with Crippen molar-refractivity contribution >= 4 is 22.4 Å². The molecule has 0 heterocycles. The minimum atomic E-state index is -0.931. The molecule has 0 aliphatic rings. The van der Waals surface area contributed by atoms with Crippen molar-refractivity contribution in [2.75, 3.05) is 0 Å². The van der Waals surface area contributed by atoms with Gasteiger partial charge in [0.1, 0.15) is 0 Å². The van der Waals surface area contributed by atoms with Crippen molar-refractivity contribution in [3.8, 4) is 5.75 Å². The van der Waals surface area contributed by atoms with Crippen LogP contribution in [0.3, 0.4) is 0 Å². The minimum absolute atomic E-state index is 0.0370. The topological polar surface area (TPSA) is 95.5 Å². The number of benzene rings is 2. The van der Waals surface area contributed by atoms with Crippen molar-refractivity contribution in [3.05, 3.63) is 46.5 Å². The molecule has 0 aliphatic heterocycles. The molecule has 0 fully saturated rings. The van der Waals surface area contributed by atoms with Crippen LogP contribution in [0.2, 0.25) is 0 Å². The second kappa shape index (κ2) is 4.93. The Balaban J connectivity index is 2.58. The average Bonchev–Trinajstić information content (AvgIpc) is 2.37. The van der Waals surface area contributed by atoms with Crippen molar-refractivity contribution in [1.29, 1.82) is 0 Å². The summed E-state index contributed by atoms with van der Waals surface area (Å²) >= 11 is 0. The largest absolute Gasteiger partial charge is 0.474 e. The van der Waals surface area contributed by atoms with Gasteiger partial charge in [0.05, 0.1) is 10.3 Å². The number of carbonyl (C=O) groups is 1. The van der Waals surface area contributed by atoms with Gasteiger partial charge >= 0.3 is 5.69 Å². The zero-order chi connectivity index (χ0) is 14.0. The molecule has 2 rings (SSSR count). The highest BCUT2D eigenvalue weighted by atomic mass is 16.6. The summed E-state index contributed by atoms with van der Waals surface area (Å²) < 4.78 is 5.26. The average molecular weight is 260 g/mol. The molecular weight excluding hydrogens is 248 g/mol. The van der Waals surface area contributed by atoms with Gasteiger partial charge in [-0.1, -0.05) is 24.3 Å². The van der Waals surface area contributed by atoms with E-state index in [1.54, 1.807) is 30.3 Å². The number of nitro benzene ring substituents is 1. The minimum Gasteiger partial charge on any atom is -0.474 e. The summed E-state index contributed by atoms with van der Waals surface area (Å²) in [6, 6.07) is 10.1. The Hall–Kier alpha value is -2.63. The molecule has 2 aromatic rings. The third kappa shape index (κ3) is 2.47. The quantitative estimate of drug-likeness (QED) is 0.671. The third-order valence-corrected chi connectivity index (χ3v) is 2.75. The van der Waals surface area contributed by atoms with Gasteiger partial charge in [0, 0.05) is 0 Å². The first-order valence-corrected chi connectivity index (χ1v) is 5.63. The molecule has 0 radical (unpaired) electrons. The Bertz CT molecular complexity index is 654. The van der Waals surface area contributed by atoms with E-state index in [0.29, 0.717) is 5.39 Å². The van der Waals surface area contributed by atoms with E-state index in [9.17, 15) is 14.9 Å². The van der Waals surface area contributed by atoms with E-state index in [2.05, 4.69) is 0 Å². The lowest BCUT2D eigenvalue weighted by atomic mass is 10.1. The molecule has 6 nitrogen and oxygen atoms in total. The highest BCUT2D eigenvalue weighted by Gasteiger charge is 2.22. The summed E-state index contributed by atoms with van der Waals surface area (Å²) in [6.45, 7) is 1.45. The van der Waals surface area contributed by atoms with Gasteiger partial charge in [-0.25, -0.2) is 0 Å². The summed E-state index contributed by atoms with van der Waals surface area (Å²) in [6.07, 6.45) is -0.931. The van der Waals surface area contributed by atoms with Crippen LogP contribution in [0, 0.1) is 10.1 Å². The number of hydrogen-bond acceptors (Lipinski definition) is 4. The van der Waals surface area contributed by atoms with Crippen molar-refractivity contribution in [3.63, 3.8) is 0 Å². The third-order valence-electron chi connectivity index (χ3n) is 2.75. The molecule has 19 heavy (non-hydrogen) atoms. The molecule has 1 amide bonds. The zero-order valence-corrected chi connectivity index (χ0v) is 10.2. The van der Waals surface area contributed by atoms with Crippen LogP contribution in [0.25, 0.3) is 10.8 Å². The highest BCUT2D eigenvalue weighted by molar-refractivity contribution is 5.93. The first kappa shape index (κ1) is 12.8. The Morgan fingerprint density at radius 2 is 2.00 bits per heavy atom. The number of hydrogen-bond donors (Lipinski definition) is 1. The number of carbonyl (C=O) groups excluding carboxylic acids is 1. The maximum Gasteiger partial charge on any atom is 0.318 e. The van der Waals surface area contributed by atoms with Crippen LogP contribution in [0.15, 0.2) is 36.4 Å². The molecular formula is C13H12N2O4. The van der Waals surface area contributed by atoms with Gasteiger partial charge in [-0.05, 0) is 24.4 Å². The monoisotopic (exact) mass is 260 g/mol. The lowest BCUT2D eigenvalue weighted by Crippen LogP contribution is -2.30. The van der Waals surface area contributed by atoms with Crippen LogP contribution < -0.4 is 10.5 Å². The molecule has 0 aromatic heterocycles. The fourth-order valence-corrected chi connectivity index (χ4v) is 1.77. The molecule has 0 spiro atoms. The first-order valence-electron chi connectivity index (χ1n) is 5.63. The van der Waals surface area contributed by atoms with Gasteiger partial charge in [-0.15, -0.1) is 0 Å². The fraction of sp³-hybridized carbons (Fsp3) is 0.154. The van der Waals surface area contributed by atoms with Crippen molar-refractivity contribution in [2.24, 2.45) is 5.73 Å². The van der Waals surface area contributed by atoms with Gasteiger partial charge in [0.15, 0.2) is 11.9 Å². The Morgan fingerprint density at radius 1 is 1.32 bits per heavy atom. The van der Waals surface area contributed by atoms with Gasteiger partial charge in [0.2, 0.25) is 0 Å². The maximum absolute atomic E-state index is 11.2. The van der Waals surface area contributed by atoms with Crippen LogP contribution in [-0.2, 0) is 4.79 Å². The van der Waals surface area contributed by atoms with E-state index in [4.69, 9.17) is 10.5 Å². The van der Waals surface area contributed by atoms with E-state index >= 15 is 0 Å². The van der Waals surface area contributed by atoms with E-state index in [1.165, 1.54) is 13.0 Å². The Kier molecular flexibility index (Phi) is 3.33. The van der Waals surface area contributed by atoms with Gasteiger partial charge in [0.25, 0.3) is 5.91 Å². The normalized spacial score (nSPS) is 12.1. The summed E-state index contributed by atoms with van der Waals surface area (Å²) in [5, 5.41) is 12.4. The Morgan fingerprint density at radius 3 is 2.63 bits per heavy atom. The SMILES string of the molecule is C[C@@H](Oc1ccc2ccccc2c1[N+](=O)[O-])C(N)=O. The summed E-state index contributed by atoms with van der Waals surface area (Å²) in [4.78, 5) is 21.6. The van der Waals surface area contributed by atoms with E-state index < -0.39 is 16.9 Å². The summed E-state index contributed by atoms with van der Waals surface area (Å²) in [5.41, 5.74) is 4.93. The van der Waals surface area contributed by atoms with Crippen molar-refractivity contribution in [2.45, 2.75) is 13.0 Å². The molecule has 0 saturated heterocycles. The van der Waals surface area contributed by atoms with Gasteiger partial charge in [-0.2, -0.15) is 0 Å². The lowest BCUT2D eigenvalue weighted by molar-refractivity contribution is -0.384. The number of ether oxygens (including phenoxy) is 1. The predicted octanol–water partition coefficient (Wildman–Crippen LogP) is 2.00. The number of amides is 1.